The molecule has 1 saturated heterocycles. The van der Waals surface area contributed by atoms with E-state index < -0.39 is 0 Å². The van der Waals surface area contributed by atoms with E-state index in [1.165, 1.54) is 44.2 Å². The van der Waals surface area contributed by atoms with Crippen molar-refractivity contribution < 1.29 is 4.79 Å². The van der Waals surface area contributed by atoms with E-state index in [-0.39, 0.29) is 24.4 Å². The van der Waals surface area contributed by atoms with Crippen molar-refractivity contribution in [3.05, 3.63) is 23.0 Å². The largest absolute Gasteiger partial charge is 0.345 e. The molecular weight excluding hydrogens is 322 g/mol. The van der Waals surface area contributed by atoms with Crippen LogP contribution in [0.1, 0.15) is 79.2 Å². The fourth-order valence-electron chi connectivity index (χ4n) is 4.56. The summed E-state index contributed by atoms with van der Waals surface area (Å²) >= 11 is 0. The van der Waals surface area contributed by atoms with Crippen molar-refractivity contribution in [1.29, 1.82) is 0 Å². The average Bonchev–Trinajstić information content (AvgIpc) is 2.89. The number of piperidine rings is 1. The van der Waals surface area contributed by atoms with Gasteiger partial charge in [-0.25, -0.2) is 0 Å². The molecule has 1 aliphatic heterocycles. The van der Waals surface area contributed by atoms with Gasteiger partial charge in [-0.05, 0) is 52.0 Å². The lowest BCUT2D eigenvalue weighted by Crippen LogP contribution is -2.47. The average molecular weight is 354 g/mol. The third-order valence-electron chi connectivity index (χ3n) is 5.81. The molecule has 1 atom stereocenters. The highest BCUT2D eigenvalue weighted by Gasteiger charge is 2.30. The second kappa shape index (κ2) is 8.39. The Balaban J connectivity index is 0.00000208. The molecule has 5 heteroatoms. The van der Waals surface area contributed by atoms with Crippen molar-refractivity contribution in [2.45, 2.75) is 77.3 Å². The van der Waals surface area contributed by atoms with Crippen LogP contribution in [0, 0.1) is 13.8 Å². The monoisotopic (exact) mass is 353 g/mol. The predicted octanol–water partition coefficient (Wildman–Crippen LogP) is 3.99. The molecule has 136 valence electrons. The number of nitrogens with zero attached hydrogens (tertiary/aromatic N) is 2. The van der Waals surface area contributed by atoms with Gasteiger partial charge in [0, 0.05) is 36.6 Å². The minimum Gasteiger partial charge on any atom is -0.345 e. The highest BCUT2D eigenvalue weighted by Crippen LogP contribution is 2.33. The molecule has 1 aliphatic carbocycles. The molecule has 24 heavy (non-hydrogen) atoms. The molecule has 2 aliphatic rings. The summed E-state index contributed by atoms with van der Waals surface area (Å²) in [5.41, 5.74) is 9.19. The third kappa shape index (κ3) is 3.65. The van der Waals surface area contributed by atoms with Crippen molar-refractivity contribution in [2.75, 3.05) is 13.1 Å². The van der Waals surface area contributed by atoms with Gasteiger partial charge < -0.3 is 15.2 Å². The smallest absolute Gasteiger partial charge is 0.255 e. The Hall–Kier alpha value is -1.000. The lowest BCUT2D eigenvalue weighted by atomic mass is 9.95. The van der Waals surface area contributed by atoms with Crippen LogP contribution in [-0.4, -0.2) is 34.5 Å². The lowest BCUT2D eigenvalue weighted by Gasteiger charge is -2.35. The van der Waals surface area contributed by atoms with Crippen LogP contribution in [0.15, 0.2) is 6.07 Å². The Morgan fingerprint density at radius 1 is 1.12 bits per heavy atom. The molecule has 4 nitrogen and oxygen atoms in total. The normalized spacial score (nSPS) is 22.3. The number of aryl methyl sites for hydroxylation is 1. The second-order valence-corrected chi connectivity index (χ2v) is 7.33. The zero-order valence-corrected chi connectivity index (χ0v) is 15.9. The van der Waals surface area contributed by atoms with Crippen LogP contribution >= 0.6 is 12.4 Å². The van der Waals surface area contributed by atoms with E-state index in [1.54, 1.807) is 0 Å². The first-order valence-electron chi connectivity index (χ1n) is 9.33. The molecule has 1 aromatic heterocycles. The van der Waals surface area contributed by atoms with Crippen LogP contribution in [0.25, 0.3) is 0 Å². The summed E-state index contributed by atoms with van der Waals surface area (Å²) in [4.78, 5) is 15.1. The highest BCUT2D eigenvalue weighted by atomic mass is 35.5. The quantitative estimate of drug-likeness (QED) is 0.893. The molecule has 3 rings (SSSR count). The molecule has 0 bridgehead atoms. The Morgan fingerprint density at radius 2 is 1.79 bits per heavy atom. The molecule has 1 saturated carbocycles. The van der Waals surface area contributed by atoms with Gasteiger partial charge in [0.05, 0.1) is 5.56 Å². The highest BCUT2D eigenvalue weighted by molar-refractivity contribution is 5.96. The molecule has 0 radical (unpaired) electrons. The first-order valence-corrected chi connectivity index (χ1v) is 9.33. The minimum absolute atomic E-state index is 0. The molecule has 0 spiro atoms. The van der Waals surface area contributed by atoms with Crippen LogP contribution in [0.2, 0.25) is 0 Å². The number of carbonyl (C=O) groups excluding carboxylic acids is 1. The zero-order valence-electron chi connectivity index (χ0n) is 15.1. The Kier molecular flexibility index (Phi) is 6.76. The van der Waals surface area contributed by atoms with Gasteiger partial charge in [0.25, 0.3) is 5.91 Å². The first-order chi connectivity index (χ1) is 11.1. The van der Waals surface area contributed by atoms with E-state index in [0.29, 0.717) is 12.6 Å². The maximum Gasteiger partial charge on any atom is 0.255 e. The van der Waals surface area contributed by atoms with E-state index in [0.717, 1.165) is 30.6 Å². The molecule has 1 unspecified atom stereocenters. The summed E-state index contributed by atoms with van der Waals surface area (Å²) in [5, 5.41) is 0. The number of aromatic nitrogens is 1. The number of likely N-dealkylation sites (tertiary alicyclic amines) is 1. The van der Waals surface area contributed by atoms with Crippen LogP contribution in [0.4, 0.5) is 0 Å². The molecule has 1 aromatic rings. The molecular formula is C19H32ClN3O. The van der Waals surface area contributed by atoms with Gasteiger partial charge in [-0.1, -0.05) is 19.3 Å². The van der Waals surface area contributed by atoms with Crippen molar-refractivity contribution in [2.24, 2.45) is 5.73 Å². The van der Waals surface area contributed by atoms with Crippen LogP contribution in [0.3, 0.4) is 0 Å². The van der Waals surface area contributed by atoms with Gasteiger partial charge in [-0.15, -0.1) is 12.4 Å². The van der Waals surface area contributed by atoms with E-state index in [9.17, 15) is 4.79 Å². The third-order valence-corrected chi connectivity index (χ3v) is 5.81. The van der Waals surface area contributed by atoms with Crippen LogP contribution < -0.4 is 5.73 Å². The van der Waals surface area contributed by atoms with Gasteiger partial charge in [0.15, 0.2) is 0 Å². The number of nitrogens with two attached hydrogens (primary N) is 1. The summed E-state index contributed by atoms with van der Waals surface area (Å²) in [5.74, 6) is 0.190. The lowest BCUT2D eigenvalue weighted by molar-refractivity contribution is 0.0622. The zero-order chi connectivity index (χ0) is 16.4. The van der Waals surface area contributed by atoms with Crippen molar-refractivity contribution in [1.82, 2.24) is 9.47 Å². The standard InChI is InChI=1S/C19H31N3O.ClH/c1-14-12-18(15(2)22(14)16-8-4-3-5-9-16)19(23)21-11-7-6-10-17(21)13-20;/h12,16-17H,3-11,13,20H2,1-2H3;1H. The summed E-state index contributed by atoms with van der Waals surface area (Å²) in [7, 11) is 0. The van der Waals surface area contributed by atoms with E-state index in [2.05, 4.69) is 24.5 Å². The van der Waals surface area contributed by atoms with E-state index >= 15 is 0 Å². The number of amides is 1. The van der Waals surface area contributed by atoms with E-state index in [1.807, 2.05) is 4.90 Å². The summed E-state index contributed by atoms with van der Waals surface area (Å²) in [6.07, 6.45) is 9.81. The van der Waals surface area contributed by atoms with Gasteiger partial charge in [0.1, 0.15) is 0 Å². The fraction of sp³-hybridized carbons (Fsp3) is 0.737. The van der Waals surface area contributed by atoms with Crippen molar-refractivity contribution in [3.8, 4) is 0 Å². The van der Waals surface area contributed by atoms with Crippen molar-refractivity contribution >= 4 is 18.3 Å². The molecule has 0 aromatic carbocycles. The Morgan fingerprint density at radius 3 is 2.46 bits per heavy atom. The van der Waals surface area contributed by atoms with Crippen LogP contribution in [-0.2, 0) is 0 Å². The number of rotatable bonds is 3. The van der Waals surface area contributed by atoms with Gasteiger partial charge in [0.2, 0.25) is 0 Å². The summed E-state index contributed by atoms with van der Waals surface area (Å²) in [6.45, 7) is 5.70. The Bertz CT molecular complexity index is 563. The number of hydrogen-bond donors (Lipinski definition) is 1. The maximum absolute atomic E-state index is 13.1. The maximum atomic E-state index is 13.1. The summed E-state index contributed by atoms with van der Waals surface area (Å²) < 4.78 is 2.42. The summed E-state index contributed by atoms with van der Waals surface area (Å²) in [6, 6.07) is 2.90. The predicted molar refractivity (Wildman–Crippen MR) is 101 cm³/mol. The molecule has 2 fully saturated rings. The minimum atomic E-state index is 0. The number of carbonyl (C=O) groups is 1. The fourth-order valence-corrected chi connectivity index (χ4v) is 4.56. The molecule has 2 heterocycles. The molecule has 2 N–H and O–H groups in total. The topological polar surface area (TPSA) is 51.3 Å². The molecule has 1 amide bonds. The van der Waals surface area contributed by atoms with Gasteiger partial charge in [-0.2, -0.15) is 0 Å². The SMILES string of the molecule is Cc1cc(C(=O)N2CCCCC2CN)c(C)n1C1CCCCC1.Cl. The van der Waals surface area contributed by atoms with Crippen molar-refractivity contribution in [3.63, 3.8) is 0 Å². The van der Waals surface area contributed by atoms with E-state index in [4.69, 9.17) is 5.73 Å². The number of hydrogen-bond acceptors (Lipinski definition) is 2. The van der Waals surface area contributed by atoms with Crippen LogP contribution in [0.5, 0.6) is 0 Å². The first kappa shape index (κ1) is 19.3. The van der Waals surface area contributed by atoms with Gasteiger partial charge in [-0.3, -0.25) is 4.79 Å². The second-order valence-electron chi connectivity index (χ2n) is 7.33. The van der Waals surface area contributed by atoms with Gasteiger partial charge >= 0.3 is 0 Å². The number of halogens is 1. The Labute approximate surface area is 152 Å².